The predicted molar refractivity (Wildman–Crippen MR) is 160 cm³/mol. The monoisotopic (exact) mass is 567 g/mol. The topological polar surface area (TPSA) is 123 Å². The number of amides is 2. The highest BCUT2D eigenvalue weighted by Crippen LogP contribution is 2.27. The van der Waals surface area contributed by atoms with Crippen LogP contribution in [0, 0.1) is 5.82 Å². The van der Waals surface area contributed by atoms with E-state index in [0.29, 0.717) is 28.5 Å². The molecule has 9 nitrogen and oxygen atoms in total. The second-order valence-corrected chi connectivity index (χ2v) is 9.99. The number of H-pyrrole nitrogens is 1. The molecule has 1 unspecified atom stereocenters. The average Bonchev–Trinajstić information content (AvgIpc) is 2.97. The molecule has 1 aromatic heterocycles. The van der Waals surface area contributed by atoms with Gasteiger partial charge in [0, 0.05) is 36.0 Å². The Morgan fingerprint density at radius 3 is 2.31 bits per heavy atom. The van der Waals surface area contributed by atoms with Crippen LogP contribution in [0.3, 0.4) is 0 Å². The molecule has 5 N–H and O–H groups in total. The molecule has 2 heterocycles. The number of aliphatic imine (C=N–C) groups is 1. The number of anilines is 2. The molecule has 10 heteroatoms. The third-order valence-corrected chi connectivity index (χ3v) is 7.14. The first-order valence-electron chi connectivity index (χ1n) is 13.6. The molecule has 0 spiro atoms. The first-order valence-corrected chi connectivity index (χ1v) is 13.6. The summed E-state index contributed by atoms with van der Waals surface area (Å²) < 4.78 is 18.7. The standard InChI is InChI=1S/C32H31FN6O3/c1-20(21-4-10-25(33)11-5-21)30(40)36-26-12-6-22(7-13-26)24-9-15-29(35-19-24)38-32(34)37-27-14-8-23(18-28(27)42-2)31(41)39-16-3-17-39/h4-15,18-20H,3,16-17H2,1-2H3,(H,36,40)(H3,34,35,37,38)/p+1. The van der Waals surface area contributed by atoms with E-state index in [1.165, 1.54) is 19.2 Å². The van der Waals surface area contributed by atoms with E-state index < -0.39 is 5.92 Å². The lowest BCUT2D eigenvalue weighted by molar-refractivity contribution is -0.361. The Labute approximate surface area is 243 Å². The summed E-state index contributed by atoms with van der Waals surface area (Å²) in [4.78, 5) is 34.5. The number of pyridine rings is 1. The molecule has 0 radical (unpaired) electrons. The van der Waals surface area contributed by atoms with Gasteiger partial charge in [-0.05, 0) is 78.0 Å². The molecule has 1 aliphatic rings. The molecule has 0 bridgehead atoms. The largest absolute Gasteiger partial charge is 0.495 e. The zero-order chi connectivity index (χ0) is 29.6. The van der Waals surface area contributed by atoms with Crippen LogP contribution in [-0.4, -0.2) is 42.9 Å². The zero-order valence-electron chi connectivity index (χ0n) is 23.4. The van der Waals surface area contributed by atoms with Crippen molar-refractivity contribution in [3.05, 3.63) is 102 Å². The van der Waals surface area contributed by atoms with E-state index in [1.54, 1.807) is 48.2 Å². The third-order valence-electron chi connectivity index (χ3n) is 7.14. The van der Waals surface area contributed by atoms with Crippen LogP contribution in [0.2, 0.25) is 0 Å². The molecule has 214 valence electrons. The number of nitrogens with zero attached hydrogens (tertiary/aromatic N) is 2. The van der Waals surface area contributed by atoms with E-state index in [-0.39, 0.29) is 23.6 Å². The molecule has 4 aromatic rings. The van der Waals surface area contributed by atoms with Crippen LogP contribution in [0.15, 0.2) is 90.1 Å². The predicted octanol–water partition coefficient (Wildman–Crippen LogP) is 4.96. The van der Waals surface area contributed by atoms with Gasteiger partial charge in [0.2, 0.25) is 5.91 Å². The van der Waals surface area contributed by atoms with Gasteiger partial charge >= 0.3 is 11.8 Å². The van der Waals surface area contributed by atoms with E-state index in [4.69, 9.17) is 10.5 Å². The van der Waals surface area contributed by atoms with Crippen LogP contribution in [0.5, 0.6) is 5.75 Å². The minimum absolute atomic E-state index is 0.0155. The molecule has 42 heavy (non-hydrogen) atoms. The van der Waals surface area contributed by atoms with Gasteiger partial charge in [-0.25, -0.2) is 9.37 Å². The number of halogens is 1. The lowest BCUT2D eigenvalue weighted by atomic mass is 10.00. The van der Waals surface area contributed by atoms with Gasteiger partial charge in [-0.3, -0.25) is 9.59 Å². The van der Waals surface area contributed by atoms with E-state index >= 15 is 0 Å². The number of benzene rings is 3. The molecule has 1 atom stereocenters. The average molecular weight is 568 g/mol. The Morgan fingerprint density at radius 1 is 0.976 bits per heavy atom. The Morgan fingerprint density at radius 2 is 1.69 bits per heavy atom. The summed E-state index contributed by atoms with van der Waals surface area (Å²) in [5.41, 5.74) is 10.6. The number of hydrogen-bond acceptors (Lipinski definition) is 4. The van der Waals surface area contributed by atoms with Crippen LogP contribution < -0.4 is 26.1 Å². The molecule has 5 rings (SSSR count). The Bertz CT molecular complexity index is 1600. The van der Waals surface area contributed by atoms with Gasteiger partial charge in [-0.1, -0.05) is 24.3 Å². The zero-order valence-corrected chi connectivity index (χ0v) is 23.4. The first kappa shape index (κ1) is 28.3. The Balaban J connectivity index is 1.20. The van der Waals surface area contributed by atoms with Gasteiger partial charge in [-0.2, -0.15) is 0 Å². The van der Waals surface area contributed by atoms with Crippen molar-refractivity contribution in [1.29, 1.82) is 0 Å². The second kappa shape index (κ2) is 12.5. The number of rotatable bonds is 8. The van der Waals surface area contributed by atoms with E-state index in [0.717, 1.165) is 36.2 Å². The fourth-order valence-electron chi connectivity index (χ4n) is 4.49. The summed E-state index contributed by atoms with van der Waals surface area (Å²) >= 11 is 0. The van der Waals surface area contributed by atoms with Crippen molar-refractivity contribution in [2.75, 3.05) is 30.8 Å². The number of guanidine groups is 1. The maximum absolute atomic E-state index is 13.2. The van der Waals surface area contributed by atoms with Crippen molar-refractivity contribution in [3.8, 4) is 16.9 Å². The van der Waals surface area contributed by atoms with E-state index in [9.17, 15) is 14.0 Å². The van der Waals surface area contributed by atoms with Gasteiger partial charge in [0.1, 0.15) is 11.6 Å². The first-order chi connectivity index (χ1) is 20.3. The summed E-state index contributed by atoms with van der Waals surface area (Å²) in [6, 6.07) is 22.3. The summed E-state index contributed by atoms with van der Waals surface area (Å²) in [6.45, 7) is 3.33. The molecule has 1 aliphatic heterocycles. The third kappa shape index (κ3) is 6.55. The summed E-state index contributed by atoms with van der Waals surface area (Å²) in [5, 5.41) is 5.93. The van der Waals surface area contributed by atoms with Crippen molar-refractivity contribution >= 4 is 35.0 Å². The molecular formula is C32H32FN6O3+. The van der Waals surface area contributed by atoms with Gasteiger partial charge in [0.05, 0.1) is 24.9 Å². The lowest BCUT2D eigenvalue weighted by Gasteiger charge is -2.31. The fourth-order valence-corrected chi connectivity index (χ4v) is 4.49. The highest BCUT2D eigenvalue weighted by atomic mass is 19.1. The Kier molecular flexibility index (Phi) is 8.42. The molecule has 0 aliphatic carbocycles. The number of likely N-dealkylation sites (tertiary alicyclic amines) is 1. The van der Waals surface area contributed by atoms with Crippen LogP contribution in [-0.2, 0) is 4.79 Å². The minimum Gasteiger partial charge on any atom is -0.495 e. The highest BCUT2D eigenvalue weighted by Gasteiger charge is 2.23. The maximum atomic E-state index is 13.2. The van der Waals surface area contributed by atoms with Gasteiger partial charge in [0.25, 0.3) is 5.91 Å². The SMILES string of the molecule is COc1cc(C(=O)N2CCC2)ccc1NC(N)=Nc1ccc(-c2ccc(NC(=O)C(C)c3ccc(F)cc3)cc2)c[nH+]1. The number of ether oxygens (including phenoxy) is 1. The number of nitrogens with two attached hydrogens (primary N) is 1. The second-order valence-electron chi connectivity index (χ2n) is 9.99. The van der Waals surface area contributed by atoms with Crippen LogP contribution in [0.25, 0.3) is 11.1 Å². The van der Waals surface area contributed by atoms with Gasteiger partial charge in [-0.15, -0.1) is 0 Å². The quantitative estimate of drug-likeness (QED) is 0.205. The number of carbonyl (C=O) groups is 2. The number of aromatic amines is 1. The number of nitrogens with one attached hydrogen (secondary N) is 3. The molecule has 3 aromatic carbocycles. The number of aromatic nitrogens is 1. The van der Waals surface area contributed by atoms with Crippen molar-refractivity contribution in [2.45, 2.75) is 19.3 Å². The summed E-state index contributed by atoms with van der Waals surface area (Å²) in [5.74, 6) is 0.222. The van der Waals surface area contributed by atoms with Gasteiger partial charge in [0.15, 0.2) is 0 Å². The molecule has 2 amide bonds. The van der Waals surface area contributed by atoms with Crippen molar-refractivity contribution < 1.29 is 23.7 Å². The highest BCUT2D eigenvalue weighted by molar-refractivity contribution is 5.98. The van der Waals surface area contributed by atoms with E-state index in [1.807, 2.05) is 36.5 Å². The number of methoxy groups -OCH3 is 1. The number of hydrogen-bond donors (Lipinski definition) is 3. The normalized spacial score (nSPS) is 13.6. The van der Waals surface area contributed by atoms with Crippen molar-refractivity contribution in [1.82, 2.24) is 4.90 Å². The Hall–Kier alpha value is -5.25. The molecule has 0 saturated carbocycles. The van der Waals surface area contributed by atoms with Crippen LogP contribution in [0.4, 0.5) is 21.6 Å². The van der Waals surface area contributed by atoms with Crippen molar-refractivity contribution in [3.63, 3.8) is 0 Å². The maximum Gasteiger partial charge on any atom is 0.325 e. The van der Waals surface area contributed by atoms with Crippen LogP contribution in [0.1, 0.15) is 35.2 Å². The summed E-state index contributed by atoms with van der Waals surface area (Å²) in [6.07, 6.45) is 2.84. The van der Waals surface area contributed by atoms with Crippen LogP contribution >= 0.6 is 0 Å². The molecular weight excluding hydrogens is 535 g/mol. The fraction of sp³-hybridized carbons (Fsp3) is 0.188. The summed E-state index contributed by atoms with van der Waals surface area (Å²) in [7, 11) is 1.53. The van der Waals surface area contributed by atoms with Gasteiger partial charge < -0.3 is 26.0 Å². The number of carbonyl (C=O) groups excluding carboxylic acids is 2. The lowest BCUT2D eigenvalue weighted by Crippen LogP contribution is -2.42. The molecule has 1 fully saturated rings. The van der Waals surface area contributed by atoms with E-state index in [2.05, 4.69) is 20.6 Å². The molecule has 1 saturated heterocycles. The van der Waals surface area contributed by atoms with Crippen molar-refractivity contribution in [2.24, 2.45) is 10.7 Å². The smallest absolute Gasteiger partial charge is 0.325 e. The minimum atomic E-state index is -0.422.